The lowest BCUT2D eigenvalue weighted by atomic mass is 9.99. The Morgan fingerprint density at radius 1 is 1.23 bits per heavy atom. The normalized spacial score (nSPS) is 15.9. The van der Waals surface area contributed by atoms with Gasteiger partial charge in [0.2, 0.25) is 5.95 Å². The summed E-state index contributed by atoms with van der Waals surface area (Å²) in [4.78, 5) is 37.9. The Labute approximate surface area is 185 Å². The highest BCUT2D eigenvalue weighted by atomic mass is 35.5. The van der Waals surface area contributed by atoms with Gasteiger partial charge in [-0.05, 0) is 36.6 Å². The van der Waals surface area contributed by atoms with Crippen LogP contribution in [0.25, 0.3) is 11.1 Å². The summed E-state index contributed by atoms with van der Waals surface area (Å²) in [7, 11) is 5.29. The van der Waals surface area contributed by atoms with Crippen molar-refractivity contribution in [2.24, 2.45) is 7.05 Å². The van der Waals surface area contributed by atoms with Crippen LogP contribution in [0.3, 0.4) is 0 Å². The fourth-order valence-corrected chi connectivity index (χ4v) is 3.98. The van der Waals surface area contributed by atoms with Gasteiger partial charge in [-0.25, -0.2) is 14.6 Å². The van der Waals surface area contributed by atoms with Crippen LogP contribution in [0, 0.1) is 0 Å². The van der Waals surface area contributed by atoms with Gasteiger partial charge >= 0.3 is 0 Å². The molecule has 0 bridgehead atoms. The van der Waals surface area contributed by atoms with Crippen molar-refractivity contribution in [1.82, 2.24) is 24.6 Å². The van der Waals surface area contributed by atoms with Gasteiger partial charge in [0, 0.05) is 50.5 Å². The second-order valence-electron chi connectivity index (χ2n) is 7.71. The van der Waals surface area contributed by atoms with Crippen molar-refractivity contribution in [3.8, 4) is 11.1 Å². The molecule has 9 heteroatoms. The van der Waals surface area contributed by atoms with Crippen molar-refractivity contribution in [1.29, 1.82) is 0 Å². The maximum Gasteiger partial charge on any atom is 0.274 e. The van der Waals surface area contributed by atoms with Gasteiger partial charge in [-0.1, -0.05) is 23.7 Å². The quantitative estimate of drug-likeness (QED) is 0.622. The van der Waals surface area contributed by atoms with Crippen molar-refractivity contribution >= 4 is 23.5 Å². The molecule has 0 radical (unpaired) electrons. The van der Waals surface area contributed by atoms with Crippen LogP contribution < -0.4 is 10.5 Å². The molecule has 31 heavy (non-hydrogen) atoms. The lowest BCUT2D eigenvalue weighted by Gasteiger charge is -2.26. The Balaban J connectivity index is 1.79. The Kier molecular flexibility index (Phi) is 5.73. The molecule has 160 valence electrons. The molecule has 1 saturated heterocycles. The number of amides is 1. The molecule has 8 nitrogen and oxygen atoms in total. The molecular formula is C22H23ClN6O2. The lowest BCUT2D eigenvalue weighted by Crippen LogP contribution is -2.34. The molecule has 0 aliphatic carbocycles. The minimum atomic E-state index is -0.260. The molecule has 0 saturated carbocycles. The van der Waals surface area contributed by atoms with Gasteiger partial charge in [0.25, 0.3) is 11.5 Å². The van der Waals surface area contributed by atoms with Crippen LogP contribution in [-0.4, -0.2) is 51.2 Å². The summed E-state index contributed by atoms with van der Waals surface area (Å²) in [5, 5.41) is 4.76. The fraction of sp³-hybridized carbons (Fsp3) is 0.318. The van der Waals surface area contributed by atoms with Crippen LogP contribution in [-0.2, 0) is 7.05 Å². The fourth-order valence-electron chi connectivity index (χ4n) is 3.79. The Morgan fingerprint density at radius 3 is 2.74 bits per heavy atom. The van der Waals surface area contributed by atoms with E-state index in [-0.39, 0.29) is 23.2 Å². The average Bonchev–Trinajstić information content (AvgIpc) is 3.24. The van der Waals surface area contributed by atoms with Gasteiger partial charge in [-0.2, -0.15) is 5.10 Å². The number of hydrogen-bond acceptors (Lipinski definition) is 6. The first-order valence-corrected chi connectivity index (χ1v) is 10.4. The molecule has 1 atom stereocenters. The predicted octanol–water partition coefficient (Wildman–Crippen LogP) is 2.93. The monoisotopic (exact) mass is 438 g/mol. The molecular weight excluding hydrogens is 416 g/mol. The number of nitrogens with zero attached hydrogens (tertiary/aromatic N) is 6. The van der Waals surface area contributed by atoms with Gasteiger partial charge in [0.15, 0.2) is 0 Å². The average molecular weight is 439 g/mol. The van der Waals surface area contributed by atoms with E-state index in [9.17, 15) is 9.59 Å². The summed E-state index contributed by atoms with van der Waals surface area (Å²) in [5.41, 5.74) is 2.49. The number of carbonyl (C=O) groups is 1. The molecule has 1 amide bonds. The van der Waals surface area contributed by atoms with Gasteiger partial charge < -0.3 is 9.80 Å². The number of halogens is 1. The molecule has 1 aliphatic heterocycles. The highest BCUT2D eigenvalue weighted by Gasteiger charge is 2.34. The van der Waals surface area contributed by atoms with Crippen molar-refractivity contribution in [3.05, 3.63) is 69.4 Å². The zero-order valence-corrected chi connectivity index (χ0v) is 18.4. The molecule has 1 fully saturated rings. The number of hydrogen-bond donors (Lipinski definition) is 0. The highest BCUT2D eigenvalue weighted by molar-refractivity contribution is 6.30. The summed E-state index contributed by atoms with van der Waals surface area (Å²) in [6.45, 7) is 0.588. The predicted molar refractivity (Wildman–Crippen MR) is 119 cm³/mol. The topological polar surface area (TPSA) is 84.2 Å². The summed E-state index contributed by atoms with van der Waals surface area (Å²) in [5.74, 6) is 0.348. The van der Waals surface area contributed by atoms with Crippen LogP contribution in [0.4, 0.5) is 5.95 Å². The molecule has 1 aliphatic rings. The third-order valence-corrected chi connectivity index (χ3v) is 5.59. The lowest BCUT2D eigenvalue weighted by molar-refractivity contribution is 0.0724. The minimum Gasteiger partial charge on any atom is -0.347 e. The van der Waals surface area contributed by atoms with Gasteiger partial charge in [0.05, 0.1) is 11.7 Å². The van der Waals surface area contributed by atoms with Crippen LogP contribution >= 0.6 is 11.6 Å². The first-order valence-electron chi connectivity index (χ1n) is 10.0. The standard InChI is InChI=1S/C22H23ClN6O2/c1-27(2)22-24-13-16(14-6-4-7-15(23)12-14)20(25-22)18-8-5-11-29(18)21(31)17-9-10-19(30)28(3)26-17/h4,6-7,9-10,12-13,18H,5,8,11H2,1-3H3/t18-/m1/s1. The van der Waals surface area contributed by atoms with Crippen LogP contribution in [0.2, 0.25) is 5.02 Å². The van der Waals surface area contributed by atoms with E-state index in [1.165, 1.54) is 23.9 Å². The number of anilines is 1. The number of benzene rings is 1. The first-order chi connectivity index (χ1) is 14.8. The van der Waals surface area contributed by atoms with Crippen molar-refractivity contribution in [2.45, 2.75) is 18.9 Å². The molecule has 3 heterocycles. The molecule has 4 rings (SSSR count). The van der Waals surface area contributed by atoms with Crippen molar-refractivity contribution < 1.29 is 4.79 Å². The van der Waals surface area contributed by atoms with E-state index in [0.717, 1.165) is 29.7 Å². The van der Waals surface area contributed by atoms with E-state index in [1.54, 1.807) is 11.1 Å². The second-order valence-corrected chi connectivity index (χ2v) is 8.15. The van der Waals surface area contributed by atoms with Crippen LogP contribution in [0.15, 0.2) is 47.4 Å². The molecule has 0 spiro atoms. The van der Waals surface area contributed by atoms with Crippen molar-refractivity contribution in [3.63, 3.8) is 0 Å². The zero-order chi connectivity index (χ0) is 22.1. The Morgan fingerprint density at radius 2 is 2.03 bits per heavy atom. The maximum atomic E-state index is 13.3. The number of aromatic nitrogens is 4. The molecule has 2 aromatic heterocycles. The van der Waals surface area contributed by atoms with Crippen LogP contribution in [0.1, 0.15) is 35.1 Å². The Hall–Kier alpha value is -3.26. The van der Waals surface area contributed by atoms with E-state index >= 15 is 0 Å². The number of aryl methyl sites for hydroxylation is 1. The summed E-state index contributed by atoms with van der Waals surface area (Å²) < 4.78 is 1.17. The molecule has 1 aromatic carbocycles. The third kappa shape index (κ3) is 4.16. The molecule has 3 aromatic rings. The maximum absolute atomic E-state index is 13.3. The molecule has 0 N–H and O–H groups in total. The Bertz CT molecular complexity index is 1190. The van der Waals surface area contributed by atoms with Gasteiger partial charge in [0.1, 0.15) is 5.69 Å². The number of likely N-dealkylation sites (tertiary alicyclic amines) is 1. The van der Waals surface area contributed by atoms with E-state index in [1.807, 2.05) is 43.3 Å². The van der Waals surface area contributed by atoms with Gasteiger partial charge in [-0.15, -0.1) is 0 Å². The summed E-state index contributed by atoms with van der Waals surface area (Å²) in [6.07, 6.45) is 3.40. The zero-order valence-electron chi connectivity index (χ0n) is 17.6. The van der Waals surface area contributed by atoms with Crippen molar-refractivity contribution in [2.75, 3.05) is 25.5 Å². The largest absolute Gasteiger partial charge is 0.347 e. The smallest absolute Gasteiger partial charge is 0.274 e. The van der Waals surface area contributed by atoms with E-state index < -0.39 is 0 Å². The molecule has 0 unspecified atom stereocenters. The van der Waals surface area contributed by atoms with E-state index in [0.29, 0.717) is 17.5 Å². The minimum absolute atomic E-state index is 0.222. The van der Waals surface area contributed by atoms with E-state index in [2.05, 4.69) is 10.1 Å². The summed E-state index contributed by atoms with van der Waals surface area (Å²) >= 11 is 6.23. The SMILES string of the molecule is CN(C)c1ncc(-c2cccc(Cl)c2)c([C@H]2CCCN2C(=O)c2ccc(=O)n(C)n2)n1. The number of rotatable bonds is 4. The number of carbonyl (C=O) groups excluding carboxylic acids is 1. The third-order valence-electron chi connectivity index (χ3n) is 5.35. The first kappa shape index (κ1) is 21.0. The van der Waals surface area contributed by atoms with Crippen LogP contribution in [0.5, 0.6) is 0 Å². The van der Waals surface area contributed by atoms with Gasteiger partial charge in [-0.3, -0.25) is 9.59 Å². The second kappa shape index (κ2) is 8.47. The summed E-state index contributed by atoms with van der Waals surface area (Å²) in [6, 6.07) is 10.1. The highest BCUT2D eigenvalue weighted by Crippen LogP contribution is 2.38. The van der Waals surface area contributed by atoms with E-state index in [4.69, 9.17) is 16.6 Å².